The standard InChI is InChI=1S/C16H27N3O/c1-4-13(2)19(9-10-20-3)16-8-5-14(12-18-16)11-17-15-6-7-15/h5,8,12-13,15,17H,4,6-7,9-11H2,1-3H3. The highest BCUT2D eigenvalue weighted by atomic mass is 16.5. The topological polar surface area (TPSA) is 37.4 Å². The molecule has 1 aliphatic carbocycles. The van der Waals surface area contributed by atoms with E-state index in [-0.39, 0.29) is 0 Å². The lowest BCUT2D eigenvalue weighted by Crippen LogP contribution is -2.36. The summed E-state index contributed by atoms with van der Waals surface area (Å²) >= 11 is 0. The summed E-state index contributed by atoms with van der Waals surface area (Å²) in [6.07, 6.45) is 5.75. The molecule has 1 saturated carbocycles. The minimum atomic E-state index is 0.480. The zero-order valence-electron chi connectivity index (χ0n) is 12.9. The number of ether oxygens (including phenoxy) is 1. The third-order valence-electron chi connectivity index (χ3n) is 3.93. The van der Waals surface area contributed by atoms with E-state index in [4.69, 9.17) is 4.74 Å². The fourth-order valence-electron chi connectivity index (χ4n) is 2.21. The second kappa shape index (κ2) is 7.60. The summed E-state index contributed by atoms with van der Waals surface area (Å²) in [6.45, 7) is 6.99. The molecule has 20 heavy (non-hydrogen) atoms. The molecule has 1 unspecified atom stereocenters. The number of hydrogen-bond donors (Lipinski definition) is 1. The molecule has 2 rings (SSSR count). The molecule has 0 bridgehead atoms. The highest BCUT2D eigenvalue weighted by molar-refractivity contribution is 5.40. The van der Waals surface area contributed by atoms with Gasteiger partial charge >= 0.3 is 0 Å². The summed E-state index contributed by atoms with van der Waals surface area (Å²) in [5.41, 5.74) is 1.26. The molecule has 0 aliphatic heterocycles. The van der Waals surface area contributed by atoms with Crippen LogP contribution in [0.2, 0.25) is 0 Å². The van der Waals surface area contributed by atoms with E-state index in [1.165, 1.54) is 18.4 Å². The Morgan fingerprint density at radius 1 is 1.45 bits per heavy atom. The molecule has 1 N–H and O–H groups in total. The van der Waals surface area contributed by atoms with Gasteiger partial charge in [0.2, 0.25) is 0 Å². The van der Waals surface area contributed by atoms with Crippen molar-refractivity contribution in [3.05, 3.63) is 23.9 Å². The van der Waals surface area contributed by atoms with Crippen LogP contribution in [0.4, 0.5) is 5.82 Å². The maximum absolute atomic E-state index is 5.20. The minimum absolute atomic E-state index is 0.480. The molecule has 112 valence electrons. The van der Waals surface area contributed by atoms with Gasteiger partial charge in [-0.1, -0.05) is 13.0 Å². The van der Waals surface area contributed by atoms with Crippen molar-refractivity contribution in [2.45, 2.75) is 51.7 Å². The van der Waals surface area contributed by atoms with Crippen molar-refractivity contribution < 1.29 is 4.74 Å². The average Bonchev–Trinajstić information content (AvgIpc) is 3.30. The van der Waals surface area contributed by atoms with Crippen molar-refractivity contribution in [1.82, 2.24) is 10.3 Å². The molecular formula is C16H27N3O. The van der Waals surface area contributed by atoms with Gasteiger partial charge in [-0.2, -0.15) is 0 Å². The number of hydrogen-bond acceptors (Lipinski definition) is 4. The van der Waals surface area contributed by atoms with E-state index < -0.39 is 0 Å². The maximum Gasteiger partial charge on any atom is 0.128 e. The van der Waals surface area contributed by atoms with Gasteiger partial charge in [0, 0.05) is 38.5 Å². The molecule has 1 aromatic rings. The molecule has 0 radical (unpaired) electrons. The Labute approximate surface area is 122 Å². The lowest BCUT2D eigenvalue weighted by atomic mass is 10.2. The van der Waals surface area contributed by atoms with E-state index in [0.29, 0.717) is 6.04 Å². The van der Waals surface area contributed by atoms with Crippen LogP contribution in [-0.2, 0) is 11.3 Å². The molecule has 4 heteroatoms. The van der Waals surface area contributed by atoms with E-state index in [0.717, 1.165) is 38.0 Å². The van der Waals surface area contributed by atoms with Crippen LogP contribution in [0.15, 0.2) is 18.3 Å². The summed E-state index contributed by atoms with van der Waals surface area (Å²) in [5.74, 6) is 1.05. The van der Waals surface area contributed by atoms with Crippen LogP contribution >= 0.6 is 0 Å². The van der Waals surface area contributed by atoms with Gasteiger partial charge in [-0.3, -0.25) is 0 Å². The van der Waals surface area contributed by atoms with Crippen molar-refractivity contribution in [2.75, 3.05) is 25.2 Å². The van der Waals surface area contributed by atoms with Gasteiger partial charge in [0.1, 0.15) is 5.82 Å². The molecule has 0 aromatic carbocycles. The molecule has 1 atom stereocenters. The molecule has 0 amide bonds. The van der Waals surface area contributed by atoms with E-state index >= 15 is 0 Å². The molecule has 1 aromatic heterocycles. The zero-order chi connectivity index (χ0) is 14.4. The Kier molecular flexibility index (Phi) is 5.80. The summed E-state index contributed by atoms with van der Waals surface area (Å²) in [5, 5.41) is 3.52. The van der Waals surface area contributed by atoms with Crippen molar-refractivity contribution in [3.8, 4) is 0 Å². The molecule has 1 fully saturated rings. The predicted molar refractivity (Wildman–Crippen MR) is 83.1 cm³/mol. The molecule has 4 nitrogen and oxygen atoms in total. The summed E-state index contributed by atoms with van der Waals surface area (Å²) in [4.78, 5) is 6.95. The van der Waals surface area contributed by atoms with Crippen LogP contribution in [0.25, 0.3) is 0 Å². The number of pyridine rings is 1. The zero-order valence-corrected chi connectivity index (χ0v) is 12.9. The van der Waals surface area contributed by atoms with E-state index in [1.54, 1.807) is 7.11 Å². The smallest absolute Gasteiger partial charge is 0.128 e. The Hall–Kier alpha value is -1.13. The van der Waals surface area contributed by atoms with Crippen LogP contribution in [0, 0.1) is 0 Å². The molecule has 1 aliphatic rings. The number of anilines is 1. The molecule has 0 spiro atoms. The van der Waals surface area contributed by atoms with Crippen molar-refractivity contribution >= 4 is 5.82 Å². The first-order valence-electron chi connectivity index (χ1n) is 7.68. The highest BCUT2D eigenvalue weighted by Gasteiger charge is 2.20. The van der Waals surface area contributed by atoms with Gasteiger partial charge in [0.15, 0.2) is 0 Å². The second-order valence-electron chi connectivity index (χ2n) is 5.62. The van der Waals surface area contributed by atoms with Gasteiger partial charge in [-0.25, -0.2) is 4.98 Å². The predicted octanol–water partition coefficient (Wildman–Crippen LogP) is 2.58. The molecule has 1 heterocycles. The SMILES string of the molecule is CCC(C)N(CCOC)c1ccc(CNC2CC2)cn1. The fourth-order valence-corrected chi connectivity index (χ4v) is 2.21. The summed E-state index contributed by atoms with van der Waals surface area (Å²) in [6, 6.07) is 5.53. The lowest BCUT2D eigenvalue weighted by molar-refractivity contribution is 0.203. The Bertz CT molecular complexity index is 389. The quantitative estimate of drug-likeness (QED) is 0.753. The Morgan fingerprint density at radius 3 is 2.80 bits per heavy atom. The molecular weight excluding hydrogens is 250 g/mol. The van der Waals surface area contributed by atoms with Gasteiger partial charge in [-0.15, -0.1) is 0 Å². The van der Waals surface area contributed by atoms with Crippen molar-refractivity contribution in [2.24, 2.45) is 0 Å². The Balaban J connectivity index is 1.96. The van der Waals surface area contributed by atoms with Crippen LogP contribution in [0.3, 0.4) is 0 Å². The van der Waals surface area contributed by atoms with Crippen LogP contribution in [0.5, 0.6) is 0 Å². The monoisotopic (exact) mass is 277 g/mol. The number of methoxy groups -OCH3 is 1. The van der Waals surface area contributed by atoms with Crippen LogP contribution < -0.4 is 10.2 Å². The maximum atomic E-state index is 5.20. The highest BCUT2D eigenvalue weighted by Crippen LogP contribution is 2.20. The first-order valence-corrected chi connectivity index (χ1v) is 7.68. The van der Waals surface area contributed by atoms with Crippen molar-refractivity contribution in [3.63, 3.8) is 0 Å². The average molecular weight is 277 g/mol. The third kappa shape index (κ3) is 4.46. The van der Waals surface area contributed by atoms with Crippen LogP contribution in [-0.4, -0.2) is 37.3 Å². The van der Waals surface area contributed by atoms with E-state index in [2.05, 4.69) is 41.2 Å². The second-order valence-corrected chi connectivity index (χ2v) is 5.62. The summed E-state index contributed by atoms with van der Waals surface area (Å²) in [7, 11) is 1.74. The number of nitrogens with one attached hydrogen (secondary N) is 1. The number of nitrogens with zero attached hydrogens (tertiary/aromatic N) is 2. The Morgan fingerprint density at radius 2 is 2.25 bits per heavy atom. The van der Waals surface area contributed by atoms with Gasteiger partial charge in [0.05, 0.1) is 6.61 Å². The van der Waals surface area contributed by atoms with Crippen molar-refractivity contribution in [1.29, 1.82) is 0 Å². The molecule has 0 saturated heterocycles. The first-order chi connectivity index (χ1) is 9.74. The van der Waals surface area contributed by atoms with Gasteiger partial charge < -0.3 is 15.0 Å². The normalized spacial score (nSPS) is 16.1. The number of rotatable bonds is 9. The van der Waals surface area contributed by atoms with Gasteiger partial charge in [-0.05, 0) is 37.8 Å². The third-order valence-corrected chi connectivity index (χ3v) is 3.93. The first kappa shape index (κ1) is 15.3. The fraction of sp³-hybridized carbons (Fsp3) is 0.688. The summed E-state index contributed by atoms with van der Waals surface area (Å²) < 4.78 is 5.20. The van der Waals surface area contributed by atoms with E-state index in [1.807, 2.05) is 6.20 Å². The van der Waals surface area contributed by atoms with Crippen LogP contribution in [0.1, 0.15) is 38.7 Å². The minimum Gasteiger partial charge on any atom is -0.383 e. The van der Waals surface area contributed by atoms with E-state index in [9.17, 15) is 0 Å². The lowest BCUT2D eigenvalue weighted by Gasteiger charge is -2.29. The largest absolute Gasteiger partial charge is 0.383 e. The number of aromatic nitrogens is 1. The van der Waals surface area contributed by atoms with Gasteiger partial charge in [0.25, 0.3) is 0 Å².